The van der Waals surface area contributed by atoms with Crippen LogP contribution in [-0.4, -0.2) is 30.6 Å². The van der Waals surface area contributed by atoms with E-state index in [-0.39, 0.29) is 12.0 Å². The third-order valence-corrected chi connectivity index (χ3v) is 4.39. The van der Waals surface area contributed by atoms with E-state index in [1.807, 2.05) is 25.1 Å². The van der Waals surface area contributed by atoms with Gasteiger partial charge in [-0.1, -0.05) is 33.6 Å². The van der Waals surface area contributed by atoms with E-state index in [2.05, 4.69) is 20.8 Å². The van der Waals surface area contributed by atoms with Gasteiger partial charge in [0.05, 0.1) is 13.0 Å². The smallest absolute Gasteiger partial charge is 0.307 e. The lowest BCUT2D eigenvalue weighted by atomic mass is 10.0. The Bertz CT molecular complexity index is 475. The molecule has 1 fully saturated rings. The summed E-state index contributed by atoms with van der Waals surface area (Å²) in [6, 6.07) is 5.85. The normalized spacial score (nSPS) is 17.1. The van der Waals surface area contributed by atoms with Gasteiger partial charge in [0.15, 0.2) is 0 Å². The van der Waals surface area contributed by atoms with Crippen LogP contribution in [0.1, 0.15) is 37.8 Å². The summed E-state index contributed by atoms with van der Waals surface area (Å²) in [4.78, 5) is 14.2. The zero-order valence-corrected chi connectivity index (χ0v) is 13.9. The summed E-state index contributed by atoms with van der Waals surface area (Å²) >= 11 is 9.77. The van der Waals surface area contributed by atoms with Crippen LogP contribution in [0.3, 0.4) is 0 Å². The van der Waals surface area contributed by atoms with Gasteiger partial charge >= 0.3 is 5.97 Å². The molecule has 1 atom stereocenters. The zero-order chi connectivity index (χ0) is 14.5. The zero-order valence-electron chi connectivity index (χ0n) is 11.6. The third kappa shape index (κ3) is 3.96. The van der Waals surface area contributed by atoms with E-state index in [1.165, 1.54) is 12.8 Å². The number of halogens is 2. The van der Waals surface area contributed by atoms with Crippen LogP contribution in [0, 0.1) is 0 Å². The van der Waals surface area contributed by atoms with Crippen molar-refractivity contribution in [2.45, 2.75) is 32.2 Å². The molecule has 110 valence electrons. The molecule has 0 aromatic heterocycles. The van der Waals surface area contributed by atoms with Gasteiger partial charge in [-0.2, -0.15) is 0 Å². The third-order valence-electron chi connectivity index (χ3n) is 3.57. The molecule has 3 nitrogen and oxygen atoms in total. The second kappa shape index (κ2) is 7.43. The molecule has 20 heavy (non-hydrogen) atoms. The molecule has 0 aliphatic carbocycles. The first-order valence-corrected chi connectivity index (χ1v) is 8.13. The Balaban J connectivity index is 2.22. The molecule has 5 heteroatoms. The minimum atomic E-state index is -0.164. The first-order chi connectivity index (χ1) is 9.61. The van der Waals surface area contributed by atoms with Gasteiger partial charge in [-0.15, -0.1) is 0 Å². The van der Waals surface area contributed by atoms with E-state index >= 15 is 0 Å². The van der Waals surface area contributed by atoms with Gasteiger partial charge in [0, 0.05) is 15.5 Å². The van der Waals surface area contributed by atoms with Gasteiger partial charge in [-0.05, 0) is 50.6 Å². The van der Waals surface area contributed by atoms with E-state index in [9.17, 15) is 4.79 Å². The van der Waals surface area contributed by atoms with Crippen molar-refractivity contribution in [3.63, 3.8) is 0 Å². The Morgan fingerprint density at radius 2 is 2.15 bits per heavy atom. The van der Waals surface area contributed by atoms with E-state index in [1.54, 1.807) is 0 Å². The van der Waals surface area contributed by atoms with Gasteiger partial charge in [-0.3, -0.25) is 9.69 Å². The number of likely N-dealkylation sites (tertiary alicyclic amines) is 1. The summed E-state index contributed by atoms with van der Waals surface area (Å²) in [5.74, 6) is -0.164. The number of rotatable bonds is 5. The van der Waals surface area contributed by atoms with Crippen molar-refractivity contribution >= 4 is 33.5 Å². The summed E-state index contributed by atoms with van der Waals surface area (Å²) < 4.78 is 6.05. The molecule has 1 saturated heterocycles. The van der Waals surface area contributed by atoms with Gasteiger partial charge in [-0.25, -0.2) is 0 Å². The molecule has 0 saturated carbocycles. The molecule has 0 N–H and O–H groups in total. The molecular weight excluding hydrogens is 342 g/mol. The summed E-state index contributed by atoms with van der Waals surface area (Å²) in [5.41, 5.74) is 1.00. The number of benzene rings is 1. The Hall–Kier alpha value is -0.580. The minimum absolute atomic E-state index is 0.0112. The molecule has 1 aliphatic rings. The van der Waals surface area contributed by atoms with Crippen LogP contribution >= 0.6 is 27.5 Å². The second-order valence-electron chi connectivity index (χ2n) is 4.93. The Kier molecular flexibility index (Phi) is 5.87. The highest BCUT2D eigenvalue weighted by Gasteiger charge is 2.27. The van der Waals surface area contributed by atoms with Crippen molar-refractivity contribution in [3.05, 3.63) is 33.3 Å². The number of hydrogen-bond acceptors (Lipinski definition) is 3. The number of nitrogens with zero attached hydrogens (tertiary/aromatic N) is 1. The van der Waals surface area contributed by atoms with Crippen LogP contribution < -0.4 is 0 Å². The number of hydrogen-bond donors (Lipinski definition) is 0. The summed E-state index contributed by atoms with van der Waals surface area (Å²) in [6.45, 7) is 4.27. The molecule has 0 amide bonds. The maximum absolute atomic E-state index is 11.9. The lowest BCUT2D eigenvalue weighted by Crippen LogP contribution is -2.28. The molecule has 1 aromatic rings. The van der Waals surface area contributed by atoms with Crippen molar-refractivity contribution in [1.82, 2.24) is 4.90 Å². The van der Waals surface area contributed by atoms with Gasteiger partial charge in [0.25, 0.3) is 0 Å². The maximum atomic E-state index is 11.9. The Morgan fingerprint density at radius 3 is 2.75 bits per heavy atom. The van der Waals surface area contributed by atoms with E-state index in [4.69, 9.17) is 16.3 Å². The molecule has 2 rings (SSSR count). The van der Waals surface area contributed by atoms with Crippen molar-refractivity contribution in [2.75, 3.05) is 19.7 Å². The van der Waals surface area contributed by atoms with Crippen molar-refractivity contribution in [2.24, 2.45) is 0 Å². The van der Waals surface area contributed by atoms with Crippen LogP contribution in [0.15, 0.2) is 22.7 Å². The van der Waals surface area contributed by atoms with E-state index in [0.717, 1.165) is 23.1 Å². The van der Waals surface area contributed by atoms with Crippen LogP contribution in [0.2, 0.25) is 5.02 Å². The van der Waals surface area contributed by atoms with Crippen LogP contribution in [-0.2, 0) is 9.53 Å². The number of ether oxygens (including phenoxy) is 1. The Labute approximate surface area is 133 Å². The predicted molar refractivity (Wildman–Crippen MR) is 84.0 cm³/mol. The highest BCUT2D eigenvalue weighted by atomic mass is 79.9. The number of carbonyl (C=O) groups excluding carboxylic acids is 1. The average molecular weight is 361 g/mol. The fraction of sp³-hybridized carbons (Fsp3) is 0.533. The summed E-state index contributed by atoms with van der Waals surface area (Å²) in [7, 11) is 0. The van der Waals surface area contributed by atoms with E-state index < -0.39 is 0 Å². The topological polar surface area (TPSA) is 29.5 Å². The standard InChI is InChI=1S/C15H19BrClNO2/c1-2-20-15(19)10-14(18-7-3-4-8-18)12-6-5-11(16)9-13(12)17/h5-6,9,14H,2-4,7-8,10H2,1H3. The maximum Gasteiger partial charge on any atom is 0.307 e. The largest absolute Gasteiger partial charge is 0.466 e. The fourth-order valence-electron chi connectivity index (χ4n) is 2.64. The first-order valence-electron chi connectivity index (χ1n) is 6.96. The summed E-state index contributed by atoms with van der Waals surface area (Å²) in [5, 5.41) is 0.695. The fourth-order valence-corrected chi connectivity index (χ4v) is 3.44. The molecule has 1 aliphatic heterocycles. The van der Waals surface area contributed by atoms with Crippen molar-refractivity contribution < 1.29 is 9.53 Å². The summed E-state index contributed by atoms with van der Waals surface area (Å²) in [6.07, 6.45) is 2.70. The van der Waals surface area contributed by atoms with Crippen LogP contribution in [0.4, 0.5) is 0 Å². The molecule has 1 heterocycles. The lowest BCUT2D eigenvalue weighted by Gasteiger charge is -2.28. The van der Waals surface area contributed by atoms with Gasteiger partial charge in [0.2, 0.25) is 0 Å². The second-order valence-corrected chi connectivity index (χ2v) is 6.26. The number of esters is 1. The quantitative estimate of drug-likeness (QED) is 0.737. The van der Waals surface area contributed by atoms with Crippen LogP contribution in [0.25, 0.3) is 0 Å². The monoisotopic (exact) mass is 359 g/mol. The molecule has 1 aromatic carbocycles. The highest BCUT2D eigenvalue weighted by Crippen LogP contribution is 2.34. The van der Waals surface area contributed by atoms with Crippen molar-refractivity contribution in [1.29, 1.82) is 0 Å². The predicted octanol–water partition coefficient (Wildman–Crippen LogP) is 4.19. The number of carbonyl (C=O) groups is 1. The molecule has 0 bridgehead atoms. The average Bonchev–Trinajstić information content (AvgIpc) is 2.90. The molecule has 0 radical (unpaired) electrons. The van der Waals surface area contributed by atoms with Gasteiger partial charge in [0.1, 0.15) is 0 Å². The lowest BCUT2D eigenvalue weighted by molar-refractivity contribution is -0.144. The Morgan fingerprint density at radius 1 is 1.45 bits per heavy atom. The van der Waals surface area contributed by atoms with Crippen LogP contribution in [0.5, 0.6) is 0 Å². The highest BCUT2D eigenvalue weighted by molar-refractivity contribution is 9.10. The van der Waals surface area contributed by atoms with Crippen molar-refractivity contribution in [3.8, 4) is 0 Å². The SMILES string of the molecule is CCOC(=O)CC(c1ccc(Br)cc1Cl)N1CCCC1. The molecular formula is C15H19BrClNO2. The first kappa shape index (κ1) is 15.8. The van der Waals surface area contributed by atoms with Gasteiger partial charge < -0.3 is 4.74 Å². The van der Waals surface area contributed by atoms with E-state index in [0.29, 0.717) is 18.1 Å². The molecule has 1 unspecified atom stereocenters. The minimum Gasteiger partial charge on any atom is -0.466 e. The molecule has 0 spiro atoms.